The van der Waals surface area contributed by atoms with Gasteiger partial charge in [-0.15, -0.1) is 0 Å². The summed E-state index contributed by atoms with van der Waals surface area (Å²) in [7, 11) is 0. The molecule has 8 nitrogen and oxygen atoms in total. The molecule has 0 unspecified atom stereocenters. The Morgan fingerprint density at radius 1 is 1.27 bits per heavy atom. The summed E-state index contributed by atoms with van der Waals surface area (Å²) >= 11 is 0. The van der Waals surface area contributed by atoms with Crippen molar-refractivity contribution in [1.29, 1.82) is 0 Å². The first-order valence-electron chi connectivity index (χ1n) is 10.2. The summed E-state index contributed by atoms with van der Waals surface area (Å²) in [6, 6.07) is 7.44. The van der Waals surface area contributed by atoms with Gasteiger partial charge in [-0.25, -0.2) is 9.37 Å². The second kappa shape index (κ2) is 8.93. The van der Waals surface area contributed by atoms with Crippen LogP contribution in [-0.4, -0.2) is 22.0 Å². The second-order valence-corrected chi connectivity index (χ2v) is 7.65. The van der Waals surface area contributed by atoms with Gasteiger partial charge in [0.15, 0.2) is 18.2 Å². The summed E-state index contributed by atoms with van der Waals surface area (Å²) in [4.78, 5) is 29.6. The molecule has 2 aromatic heterocycles. The fourth-order valence-corrected chi connectivity index (χ4v) is 3.72. The molecular weight excluding hydrogens is 439 g/mol. The topological polar surface area (TPSA) is 103 Å². The van der Waals surface area contributed by atoms with E-state index < -0.39 is 41.4 Å². The van der Waals surface area contributed by atoms with Gasteiger partial charge in [0.1, 0.15) is 11.9 Å². The minimum absolute atomic E-state index is 0.0503. The maximum atomic E-state index is 14.5. The first-order chi connectivity index (χ1) is 15.8. The van der Waals surface area contributed by atoms with E-state index in [1.807, 2.05) is 0 Å². The molecule has 0 aliphatic carbocycles. The van der Waals surface area contributed by atoms with Crippen LogP contribution in [0.4, 0.5) is 19.0 Å². The SMILES string of the molecule is O=C(NCc1ccccc1F)[C@@H]1CCc2cnc(NCC(F)(F)c3ccc[n+]([O-])c3)c(=O)n21. The van der Waals surface area contributed by atoms with E-state index in [2.05, 4.69) is 15.6 Å². The summed E-state index contributed by atoms with van der Waals surface area (Å²) in [5.41, 5.74) is -0.423. The molecule has 3 aromatic rings. The van der Waals surface area contributed by atoms with E-state index in [1.165, 1.54) is 35.0 Å². The van der Waals surface area contributed by atoms with Gasteiger partial charge in [0.2, 0.25) is 5.91 Å². The first kappa shape index (κ1) is 22.3. The molecule has 3 heterocycles. The summed E-state index contributed by atoms with van der Waals surface area (Å²) < 4.78 is 44.2. The van der Waals surface area contributed by atoms with Gasteiger partial charge in [0.25, 0.3) is 11.5 Å². The monoisotopic (exact) mass is 459 g/mol. The van der Waals surface area contributed by atoms with Crippen molar-refractivity contribution in [3.05, 3.63) is 93.2 Å². The second-order valence-electron chi connectivity index (χ2n) is 7.65. The number of pyridine rings is 1. The highest BCUT2D eigenvalue weighted by atomic mass is 19.3. The van der Waals surface area contributed by atoms with Crippen molar-refractivity contribution in [2.24, 2.45) is 0 Å². The number of fused-ring (bicyclic) bond motifs is 1. The number of alkyl halides is 2. The Bertz CT molecular complexity index is 1250. The molecule has 1 atom stereocenters. The van der Waals surface area contributed by atoms with Gasteiger partial charge in [-0.2, -0.15) is 13.5 Å². The maximum Gasteiger partial charge on any atom is 0.295 e. The smallest absolute Gasteiger partial charge is 0.295 e. The van der Waals surface area contributed by atoms with Gasteiger partial charge >= 0.3 is 0 Å². The van der Waals surface area contributed by atoms with E-state index in [1.54, 1.807) is 6.07 Å². The Balaban J connectivity index is 1.49. The molecule has 0 radical (unpaired) electrons. The number of carbonyl (C=O) groups excluding carboxylic acids is 1. The number of nitrogens with zero attached hydrogens (tertiary/aromatic N) is 3. The first-order valence-corrected chi connectivity index (χ1v) is 10.2. The highest BCUT2D eigenvalue weighted by molar-refractivity contribution is 5.81. The van der Waals surface area contributed by atoms with E-state index in [0.29, 0.717) is 24.1 Å². The van der Waals surface area contributed by atoms with Crippen molar-refractivity contribution in [3.63, 3.8) is 0 Å². The molecule has 1 amide bonds. The van der Waals surface area contributed by atoms with Gasteiger partial charge in [0.05, 0.1) is 12.1 Å². The predicted molar refractivity (Wildman–Crippen MR) is 112 cm³/mol. The number of nitrogens with one attached hydrogen (secondary N) is 2. The predicted octanol–water partition coefficient (Wildman–Crippen LogP) is 2.02. The van der Waals surface area contributed by atoms with Crippen molar-refractivity contribution in [3.8, 4) is 0 Å². The van der Waals surface area contributed by atoms with Crippen molar-refractivity contribution < 1.29 is 22.7 Å². The van der Waals surface area contributed by atoms with Crippen molar-refractivity contribution >= 4 is 11.7 Å². The van der Waals surface area contributed by atoms with Gasteiger partial charge in [-0.1, -0.05) is 18.2 Å². The Labute approximate surface area is 186 Å². The lowest BCUT2D eigenvalue weighted by Gasteiger charge is -2.18. The third kappa shape index (κ3) is 4.66. The zero-order valence-electron chi connectivity index (χ0n) is 17.3. The Morgan fingerprint density at radius 2 is 2.06 bits per heavy atom. The highest BCUT2D eigenvalue weighted by Gasteiger charge is 2.35. The minimum Gasteiger partial charge on any atom is -0.619 e. The van der Waals surface area contributed by atoms with E-state index in [4.69, 9.17) is 0 Å². The fraction of sp³-hybridized carbons (Fsp3) is 0.273. The summed E-state index contributed by atoms with van der Waals surface area (Å²) in [5, 5.41) is 16.3. The number of amides is 1. The zero-order valence-corrected chi connectivity index (χ0v) is 17.3. The molecule has 1 aromatic carbocycles. The molecule has 0 spiro atoms. The van der Waals surface area contributed by atoms with Crippen LogP contribution in [0.5, 0.6) is 0 Å². The molecule has 4 rings (SSSR count). The number of carbonyl (C=O) groups is 1. The molecule has 2 N–H and O–H groups in total. The van der Waals surface area contributed by atoms with Crippen LogP contribution in [0.1, 0.15) is 29.3 Å². The van der Waals surface area contributed by atoms with Crippen LogP contribution in [0.2, 0.25) is 0 Å². The summed E-state index contributed by atoms with van der Waals surface area (Å²) in [5.74, 6) is -4.72. The normalized spacial score (nSPS) is 15.2. The molecule has 172 valence electrons. The lowest BCUT2D eigenvalue weighted by atomic mass is 10.1. The Hall–Kier alpha value is -3.89. The number of anilines is 1. The number of rotatable bonds is 7. The lowest BCUT2D eigenvalue weighted by Crippen LogP contribution is -2.37. The number of benzene rings is 1. The van der Waals surface area contributed by atoms with Crippen molar-refractivity contribution in [1.82, 2.24) is 14.9 Å². The number of aryl methyl sites for hydroxylation is 1. The molecule has 0 bridgehead atoms. The molecular formula is C22H20F3N5O3. The summed E-state index contributed by atoms with van der Waals surface area (Å²) in [6.07, 6.45) is 3.93. The van der Waals surface area contributed by atoms with Gasteiger partial charge in [-0.05, 0) is 25.0 Å². The van der Waals surface area contributed by atoms with E-state index in [9.17, 15) is 28.0 Å². The summed E-state index contributed by atoms with van der Waals surface area (Å²) in [6.45, 7) is -1.02. The maximum absolute atomic E-state index is 14.5. The Kier molecular flexibility index (Phi) is 6.03. The molecule has 11 heteroatoms. The lowest BCUT2D eigenvalue weighted by molar-refractivity contribution is -0.606. The number of aromatic nitrogens is 3. The van der Waals surface area contributed by atoms with Gasteiger partial charge in [-0.3, -0.25) is 14.2 Å². The molecule has 1 aliphatic rings. The molecule has 0 saturated carbocycles. The number of halogens is 3. The van der Waals surface area contributed by atoms with Crippen LogP contribution >= 0.6 is 0 Å². The third-order valence-corrected chi connectivity index (χ3v) is 5.45. The largest absolute Gasteiger partial charge is 0.619 e. The van der Waals surface area contributed by atoms with Crippen LogP contribution in [0.15, 0.2) is 59.8 Å². The van der Waals surface area contributed by atoms with E-state index in [0.717, 1.165) is 18.5 Å². The minimum atomic E-state index is -3.44. The highest BCUT2D eigenvalue weighted by Crippen LogP contribution is 2.28. The van der Waals surface area contributed by atoms with Gasteiger partial charge < -0.3 is 15.8 Å². The van der Waals surface area contributed by atoms with Crippen LogP contribution in [0.3, 0.4) is 0 Å². The molecule has 0 saturated heterocycles. The van der Waals surface area contributed by atoms with Crippen LogP contribution in [0, 0.1) is 11.0 Å². The number of hydrogen-bond donors (Lipinski definition) is 2. The van der Waals surface area contributed by atoms with Crippen molar-refractivity contribution in [2.75, 3.05) is 11.9 Å². The fourth-order valence-electron chi connectivity index (χ4n) is 3.72. The van der Waals surface area contributed by atoms with Crippen LogP contribution in [0.25, 0.3) is 0 Å². The molecule has 33 heavy (non-hydrogen) atoms. The standard InChI is InChI=1S/C22H20F3N5O3/c23-17-6-2-1-4-14(17)10-27-20(31)18-8-7-16-11-26-19(21(32)30(16)18)28-13-22(24,25)15-5-3-9-29(33)12-15/h1-6,9,11-12,18H,7-8,10,13H2,(H,26,28)(H,27,31)/t18-/m0/s1. The molecule has 0 fully saturated rings. The van der Waals surface area contributed by atoms with Gasteiger partial charge in [0, 0.05) is 30.1 Å². The molecule has 1 aliphatic heterocycles. The van der Waals surface area contributed by atoms with E-state index in [-0.39, 0.29) is 17.1 Å². The quantitative estimate of drug-likeness (QED) is 0.416. The average Bonchev–Trinajstić information content (AvgIpc) is 3.23. The van der Waals surface area contributed by atoms with Crippen LogP contribution in [-0.2, 0) is 23.7 Å². The Morgan fingerprint density at radius 3 is 2.82 bits per heavy atom. The van der Waals surface area contributed by atoms with E-state index >= 15 is 0 Å². The average molecular weight is 459 g/mol. The zero-order chi connectivity index (χ0) is 23.6. The van der Waals surface area contributed by atoms with Crippen molar-refractivity contribution in [2.45, 2.75) is 31.4 Å². The number of hydrogen-bond acceptors (Lipinski definition) is 5. The third-order valence-electron chi connectivity index (χ3n) is 5.45. The van der Waals surface area contributed by atoms with Crippen LogP contribution < -0.4 is 20.9 Å².